The molecule has 0 amide bonds. The molecule has 5 heteroatoms. The summed E-state index contributed by atoms with van der Waals surface area (Å²) in [5.41, 5.74) is 7.31. The third-order valence-corrected chi connectivity index (χ3v) is 2.91. The average Bonchev–Trinajstić information content (AvgIpc) is 2.32. The second-order valence-electron chi connectivity index (χ2n) is 3.61. The summed E-state index contributed by atoms with van der Waals surface area (Å²) in [5, 5.41) is 0. The van der Waals surface area contributed by atoms with Gasteiger partial charge in [0.05, 0.1) is 5.56 Å². The van der Waals surface area contributed by atoms with Gasteiger partial charge in [-0.25, -0.2) is 4.98 Å². The summed E-state index contributed by atoms with van der Waals surface area (Å²) in [6.07, 6.45) is 3.19. The normalized spacial score (nSPS) is 10.2. The fourth-order valence-corrected chi connectivity index (χ4v) is 1.88. The smallest absolute Gasteiger partial charge is 0.216 e. The van der Waals surface area contributed by atoms with Gasteiger partial charge in [-0.05, 0) is 46.6 Å². The fraction of sp³-hybridized carbons (Fsp3) is 0.0833. The van der Waals surface area contributed by atoms with Crippen LogP contribution in [0, 0.1) is 6.92 Å². The molecule has 0 aliphatic rings. The Morgan fingerprint density at radius 3 is 2.88 bits per heavy atom. The number of anilines is 1. The van der Waals surface area contributed by atoms with E-state index in [2.05, 4.69) is 25.9 Å². The van der Waals surface area contributed by atoms with Crippen LogP contribution < -0.4 is 5.73 Å². The summed E-state index contributed by atoms with van der Waals surface area (Å²) in [6.45, 7) is 1.86. The number of ketones is 1. The van der Waals surface area contributed by atoms with E-state index in [9.17, 15) is 4.79 Å². The van der Waals surface area contributed by atoms with E-state index in [1.54, 1.807) is 30.6 Å². The third-order valence-electron chi connectivity index (χ3n) is 2.27. The second-order valence-corrected chi connectivity index (χ2v) is 4.46. The van der Waals surface area contributed by atoms with Crippen LogP contribution in [0.2, 0.25) is 0 Å². The van der Waals surface area contributed by atoms with Crippen LogP contribution in [-0.4, -0.2) is 15.8 Å². The number of nitrogen functional groups attached to an aromatic ring is 1. The Hall–Kier alpha value is -1.75. The molecule has 0 saturated carbocycles. The van der Waals surface area contributed by atoms with Crippen LogP contribution in [0.25, 0.3) is 0 Å². The molecular weight excluding hydrogens is 282 g/mol. The van der Waals surface area contributed by atoms with Crippen LogP contribution >= 0.6 is 15.9 Å². The summed E-state index contributed by atoms with van der Waals surface area (Å²) in [5.74, 6) is -0.00988. The number of hydrogen-bond donors (Lipinski definition) is 1. The largest absolute Gasteiger partial charge is 0.383 e. The van der Waals surface area contributed by atoms with Crippen molar-refractivity contribution in [3.8, 4) is 0 Å². The van der Waals surface area contributed by atoms with Crippen molar-refractivity contribution in [3.63, 3.8) is 0 Å². The molecule has 2 heterocycles. The summed E-state index contributed by atoms with van der Waals surface area (Å²) in [7, 11) is 0. The van der Waals surface area contributed by atoms with E-state index in [0.29, 0.717) is 15.7 Å². The van der Waals surface area contributed by atoms with Crippen molar-refractivity contribution in [2.45, 2.75) is 6.92 Å². The molecule has 4 nitrogen and oxygen atoms in total. The van der Waals surface area contributed by atoms with Crippen molar-refractivity contribution in [2.75, 3.05) is 5.73 Å². The zero-order valence-corrected chi connectivity index (χ0v) is 10.7. The number of nitrogens with two attached hydrogens (primary N) is 1. The van der Waals surface area contributed by atoms with Gasteiger partial charge in [-0.1, -0.05) is 0 Å². The van der Waals surface area contributed by atoms with Gasteiger partial charge in [-0.2, -0.15) is 0 Å². The Balaban J connectivity index is 2.51. The van der Waals surface area contributed by atoms with Gasteiger partial charge < -0.3 is 5.73 Å². The first-order valence-electron chi connectivity index (χ1n) is 4.97. The predicted molar refractivity (Wildman–Crippen MR) is 68.8 cm³/mol. The number of hydrogen-bond acceptors (Lipinski definition) is 4. The van der Waals surface area contributed by atoms with Crippen LogP contribution in [0.15, 0.2) is 35.1 Å². The summed E-state index contributed by atoms with van der Waals surface area (Å²) in [6, 6.07) is 5.23. The van der Waals surface area contributed by atoms with Crippen molar-refractivity contribution >= 4 is 27.5 Å². The summed E-state index contributed by atoms with van der Waals surface area (Å²) in [4.78, 5) is 20.2. The van der Waals surface area contributed by atoms with Gasteiger partial charge in [0, 0.05) is 16.9 Å². The zero-order valence-electron chi connectivity index (χ0n) is 9.14. The monoisotopic (exact) mass is 291 g/mol. The lowest BCUT2D eigenvalue weighted by molar-refractivity contribution is 0.103. The average molecular weight is 292 g/mol. The second kappa shape index (κ2) is 4.63. The maximum Gasteiger partial charge on any atom is 0.216 e. The van der Waals surface area contributed by atoms with E-state index in [1.807, 2.05) is 6.92 Å². The highest BCUT2D eigenvalue weighted by Crippen LogP contribution is 2.20. The highest BCUT2D eigenvalue weighted by atomic mass is 79.9. The summed E-state index contributed by atoms with van der Waals surface area (Å²) >= 11 is 3.29. The van der Waals surface area contributed by atoms with Crippen LogP contribution in [-0.2, 0) is 0 Å². The first-order chi connectivity index (χ1) is 8.09. The van der Waals surface area contributed by atoms with Gasteiger partial charge in [0.25, 0.3) is 0 Å². The van der Waals surface area contributed by atoms with Crippen LogP contribution in [0.4, 0.5) is 5.82 Å². The molecule has 17 heavy (non-hydrogen) atoms. The van der Waals surface area contributed by atoms with Crippen LogP contribution in [0.1, 0.15) is 21.6 Å². The number of nitrogens with zero attached hydrogens (tertiary/aromatic N) is 2. The van der Waals surface area contributed by atoms with Crippen LogP contribution in [0.3, 0.4) is 0 Å². The molecule has 0 spiro atoms. The maximum atomic E-state index is 12.2. The molecule has 0 fully saturated rings. The molecule has 0 saturated heterocycles. The van der Waals surface area contributed by atoms with E-state index >= 15 is 0 Å². The minimum absolute atomic E-state index is 0.221. The van der Waals surface area contributed by atoms with Crippen molar-refractivity contribution < 1.29 is 4.79 Å². The lowest BCUT2D eigenvalue weighted by Crippen LogP contribution is -2.09. The number of pyridine rings is 2. The quantitative estimate of drug-likeness (QED) is 0.863. The molecule has 86 valence electrons. The Labute approximate surface area is 107 Å². The molecule has 2 aromatic rings. The molecular formula is C12H10BrN3O. The van der Waals surface area contributed by atoms with Crippen molar-refractivity contribution in [2.24, 2.45) is 0 Å². The molecule has 0 bridgehead atoms. The molecule has 2 N–H and O–H groups in total. The number of rotatable bonds is 2. The summed E-state index contributed by atoms with van der Waals surface area (Å²) < 4.78 is 0.644. The Morgan fingerprint density at radius 2 is 2.18 bits per heavy atom. The Kier molecular flexibility index (Phi) is 3.19. The van der Waals surface area contributed by atoms with Crippen molar-refractivity contribution in [1.82, 2.24) is 9.97 Å². The molecule has 0 unspecified atom stereocenters. The highest BCUT2D eigenvalue weighted by molar-refractivity contribution is 9.10. The Bertz CT molecular complexity index is 584. The zero-order chi connectivity index (χ0) is 12.4. The number of carbonyl (C=O) groups is 1. The van der Waals surface area contributed by atoms with E-state index in [1.165, 1.54) is 0 Å². The minimum atomic E-state index is -0.230. The first kappa shape index (κ1) is 11.7. The standard InChI is InChI=1S/C12H10BrN3O/c1-7-5-8(12(14)16-6-7)11(17)10-9(13)3-2-4-15-10/h2-6H,1H3,(H2,14,16). The van der Waals surface area contributed by atoms with Gasteiger partial charge in [-0.3, -0.25) is 9.78 Å². The molecule has 0 aliphatic carbocycles. The Morgan fingerprint density at radius 1 is 1.41 bits per heavy atom. The van der Waals surface area contributed by atoms with E-state index in [4.69, 9.17) is 5.73 Å². The van der Waals surface area contributed by atoms with E-state index in [-0.39, 0.29) is 11.6 Å². The maximum absolute atomic E-state index is 12.2. The SMILES string of the molecule is Cc1cnc(N)c(C(=O)c2ncccc2Br)c1. The fourth-order valence-electron chi connectivity index (χ4n) is 1.44. The number of aryl methyl sites for hydroxylation is 1. The van der Waals surface area contributed by atoms with Gasteiger partial charge in [0.15, 0.2) is 0 Å². The van der Waals surface area contributed by atoms with Gasteiger partial charge in [0.2, 0.25) is 5.78 Å². The molecule has 2 rings (SSSR count). The lowest BCUT2D eigenvalue weighted by atomic mass is 10.1. The first-order valence-corrected chi connectivity index (χ1v) is 5.76. The van der Waals surface area contributed by atoms with Gasteiger partial charge in [0.1, 0.15) is 11.5 Å². The highest BCUT2D eigenvalue weighted by Gasteiger charge is 2.17. The van der Waals surface area contributed by atoms with Crippen LogP contribution in [0.5, 0.6) is 0 Å². The number of aromatic nitrogens is 2. The molecule has 0 aliphatic heterocycles. The van der Waals surface area contributed by atoms with Gasteiger partial charge >= 0.3 is 0 Å². The third kappa shape index (κ3) is 2.34. The molecule has 0 aromatic carbocycles. The topological polar surface area (TPSA) is 68.9 Å². The minimum Gasteiger partial charge on any atom is -0.383 e. The van der Waals surface area contributed by atoms with Crippen molar-refractivity contribution in [1.29, 1.82) is 0 Å². The molecule has 2 aromatic heterocycles. The lowest BCUT2D eigenvalue weighted by Gasteiger charge is -2.05. The van der Waals surface area contributed by atoms with E-state index < -0.39 is 0 Å². The molecule has 0 atom stereocenters. The van der Waals surface area contributed by atoms with E-state index in [0.717, 1.165) is 5.56 Å². The number of halogens is 1. The van der Waals surface area contributed by atoms with Gasteiger partial charge in [-0.15, -0.1) is 0 Å². The predicted octanol–water partition coefficient (Wildman–Crippen LogP) is 2.36. The van der Waals surface area contributed by atoms with Crippen molar-refractivity contribution in [3.05, 3.63) is 51.9 Å². The number of carbonyl (C=O) groups excluding carboxylic acids is 1. The molecule has 0 radical (unpaired) electrons.